The topological polar surface area (TPSA) is 73.3 Å². The molecule has 2 aromatic carbocycles. The molecule has 0 saturated carbocycles. The average molecular weight is 461 g/mol. The van der Waals surface area contributed by atoms with Crippen LogP contribution in [0, 0.1) is 27.7 Å². The molecule has 34 heavy (non-hydrogen) atoms. The van der Waals surface area contributed by atoms with Crippen LogP contribution in [-0.4, -0.2) is 34.0 Å². The van der Waals surface area contributed by atoms with E-state index in [9.17, 15) is 5.11 Å². The molecule has 0 saturated heterocycles. The molecule has 4 rings (SSSR count). The van der Waals surface area contributed by atoms with Gasteiger partial charge >= 0.3 is 0 Å². The Morgan fingerprint density at radius 2 is 1.79 bits per heavy atom. The van der Waals surface area contributed by atoms with Crippen molar-refractivity contribution in [1.82, 2.24) is 15.3 Å². The van der Waals surface area contributed by atoms with Crippen LogP contribution in [0.15, 0.2) is 41.8 Å². The highest BCUT2D eigenvalue weighted by atomic mass is 16.3. The van der Waals surface area contributed by atoms with Gasteiger partial charge in [0.15, 0.2) is 0 Å². The Balaban J connectivity index is 0.000000196. The molecule has 0 unspecified atom stereocenters. The predicted octanol–water partition coefficient (Wildman–Crippen LogP) is 6.03. The van der Waals surface area contributed by atoms with Crippen molar-refractivity contribution >= 4 is 5.84 Å². The van der Waals surface area contributed by atoms with E-state index in [1.165, 1.54) is 33.5 Å². The molecule has 0 fully saturated rings. The van der Waals surface area contributed by atoms with Gasteiger partial charge in [-0.3, -0.25) is 4.99 Å². The maximum atomic E-state index is 10.5. The number of phenols is 1. The van der Waals surface area contributed by atoms with Crippen molar-refractivity contribution in [3.05, 3.63) is 81.4 Å². The number of aromatic hydroxyl groups is 1. The second-order valence-corrected chi connectivity index (χ2v) is 10.4. The predicted molar refractivity (Wildman–Crippen MR) is 142 cm³/mol. The van der Waals surface area contributed by atoms with Crippen LogP contribution in [0.5, 0.6) is 5.75 Å². The average Bonchev–Trinajstić information content (AvgIpc) is 3.49. The first-order valence-electron chi connectivity index (χ1n) is 12.1. The third kappa shape index (κ3) is 5.69. The monoisotopic (exact) mass is 460 g/mol. The van der Waals surface area contributed by atoms with E-state index in [1.807, 2.05) is 13.1 Å². The number of nitrogens with one attached hydrogen (secondary N) is 2. The van der Waals surface area contributed by atoms with Crippen molar-refractivity contribution in [2.24, 2.45) is 4.99 Å². The molecule has 5 heteroatoms. The van der Waals surface area contributed by atoms with Gasteiger partial charge in [0.1, 0.15) is 11.6 Å². The second-order valence-electron chi connectivity index (χ2n) is 10.4. The normalized spacial score (nSPS) is 14.2. The number of benzene rings is 2. The van der Waals surface area contributed by atoms with E-state index in [0.29, 0.717) is 11.7 Å². The molecule has 0 amide bonds. The Hall–Kier alpha value is -3.08. The standard InChI is InChI=1S/C16H24N2O.C13H16N2/c1-10-8-13(16(3,4)5)15(19)11(2)12(10)9-14-17-6-7-18-14;1-9-5-4-6-12(10(9)2)11(3)13-7-14-8-15-13/h8,19H,6-7,9H2,1-5H3,(H,17,18);4-8,11H,1-3H3,(H,14,15)/t;11-/m.0/s1. The van der Waals surface area contributed by atoms with Gasteiger partial charge in [-0.05, 0) is 72.1 Å². The zero-order valence-corrected chi connectivity index (χ0v) is 22.0. The fourth-order valence-corrected chi connectivity index (χ4v) is 4.50. The molecule has 1 aliphatic rings. The van der Waals surface area contributed by atoms with Gasteiger partial charge in [0.25, 0.3) is 0 Å². The minimum atomic E-state index is -0.0404. The maximum absolute atomic E-state index is 10.5. The lowest BCUT2D eigenvalue weighted by Gasteiger charge is -2.24. The van der Waals surface area contributed by atoms with E-state index in [-0.39, 0.29) is 5.41 Å². The van der Waals surface area contributed by atoms with Gasteiger partial charge in [-0.2, -0.15) is 0 Å². The van der Waals surface area contributed by atoms with E-state index >= 15 is 0 Å². The highest BCUT2D eigenvalue weighted by Gasteiger charge is 2.23. The zero-order chi connectivity index (χ0) is 25.0. The van der Waals surface area contributed by atoms with Crippen molar-refractivity contribution in [3.8, 4) is 5.75 Å². The lowest BCUT2D eigenvalue weighted by Crippen LogP contribution is -2.22. The Bertz CT molecular complexity index is 1150. The van der Waals surface area contributed by atoms with E-state index in [4.69, 9.17) is 0 Å². The number of aromatic amines is 1. The minimum absolute atomic E-state index is 0.0404. The third-order valence-electron chi connectivity index (χ3n) is 6.89. The number of hydrogen-bond donors (Lipinski definition) is 3. The number of aryl methyl sites for hydroxylation is 2. The second kappa shape index (κ2) is 10.5. The molecule has 1 aromatic heterocycles. The molecule has 0 bridgehead atoms. The Kier molecular flexibility index (Phi) is 7.86. The fourth-order valence-electron chi connectivity index (χ4n) is 4.50. The smallest absolute Gasteiger partial charge is 0.122 e. The molecule has 182 valence electrons. The molecule has 0 radical (unpaired) electrons. The van der Waals surface area contributed by atoms with Gasteiger partial charge in [0, 0.05) is 30.8 Å². The molecule has 0 spiro atoms. The molecule has 3 N–H and O–H groups in total. The van der Waals surface area contributed by atoms with Crippen LogP contribution in [0.1, 0.15) is 78.3 Å². The van der Waals surface area contributed by atoms with E-state index in [1.54, 1.807) is 6.33 Å². The number of H-pyrrole nitrogens is 1. The van der Waals surface area contributed by atoms with E-state index in [0.717, 1.165) is 36.5 Å². The van der Waals surface area contributed by atoms with Gasteiger partial charge in [-0.1, -0.05) is 52.0 Å². The SMILES string of the molecule is Cc1cc(C(C)(C)C)c(O)c(C)c1CC1=NCCN1.Cc1cccc([C@H](C)c2cnc[nH]2)c1C. The van der Waals surface area contributed by atoms with Crippen LogP contribution in [0.2, 0.25) is 0 Å². The Morgan fingerprint density at radius 3 is 2.38 bits per heavy atom. The number of phenolic OH excluding ortho intramolecular Hbond substituents is 1. The zero-order valence-electron chi connectivity index (χ0n) is 22.0. The molecule has 1 atom stereocenters. The molecule has 1 aliphatic heterocycles. The van der Waals surface area contributed by atoms with Gasteiger partial charge in [0.2, 0.25) is 0 Å². The Morgan fingerprint density at radius 1 is 1.06 bits per heavy atom. The van der Waals surface area contributed by atoms with Crippen LogP contribution in [0.3, 0.4) is 0 Å². The number of aliphatic imine (C=N–C) groups is 1. The molecule has 2 heterocycles. The summed E-state index contributed by atoms with van der Waals surface area (Å²) in [5.41, 5.74) is 9.66. The molecular weight excluding hydrogens is 420 g/mol. The van der Waals surface area contributed by atoms with Crippen LogP contribution in [0.4, 0.5) is 0 Å². The van der Waals surface area contributed by atoms with E-state index in [2.05, 4.69) is 93.0 Å². The van der Waals surface area contributed by atoms with Gasteiger partial charge < -0.3 is 15.4 Å². The molecular formula is C29H40N4O. The van der Waals surface area contributed by atoms with Crippen molar-refractivity contribution in [1.29, 1.82) is 0 Å². The lowest BCUT2D eigenvalue weighted by atomic mass is 9.82. The van der Waals surface area contributed by atoms with Crippen molar-refractivity contribution in [3.63, 3.8) is 0 Å². The summed E-state index contributed by atoms with van der Waals surface area (Å²) in [6, 6.07) is 8.57. The summed E-state index contributed by atoms with van der Waals surface area (Å²) in [6.45, 7) is 18.8. The quantitative estimate of drug-likeness (QED) is 0.445. The minimum Gasteiger partial charge on any atom is -0.507 e. The van der Waals surface area contributed by atoms with Gasteiger partial charge in [-0.15, -0.1) is 0 Å². The number of hydrogen-bond acceptors (Lipinski definition) is 4. The van der Waals surface area contributed by atoms with Crippen LogP contribution in [-0.2, 0) is 11.8 Å². The summed E-state index contributed by atoms with van der Waals surface area (Å²) in [5.74, 6) is 1.85. The third-order valence-corrected chi connectivity index (χ3v) is 6.89. The number of amidine groups is 1. The van der Waals surface area contributed by atoms with Crippen LogP contribution < -0.4 is 5.32 Å². The number of nitrogens with zero attached hydrogens (tertiary/aromatic N) is 2. The molecule has 5 nitrogen and oxygen atoms in total. The maximum Gasteiger partial charge on any atom is 0.122 e. The summed E-state index contributed by atoms with van der Waals surface area (Å²) >= 11 is 0. The summed E-state index contributed by atoms with van der Waals surface area (Å²) in [5, 5.41) is 13.7. The summed E-state index contributed by atoms with van der Waals surface area (Å²) in [7, 11) is 0. The molecule has 3 aromatic rings. The van der Waals surface area contributed by atoms with E-state index < -0.39 is 0 Å². The number of rotatable bonds is 4. The number of imidazole rings is 1. The van der Waals surface area contributed by atoms with Crippen molar-refractivity contribution < 1.29 is 5.11 Å². The van der Waals surface area contributed by atoms with Crippen LogP contribution in [0.25, 0.3) is 0 Å². The largest absolute Gasteiger partial charge is 0.507 e. The first-order valence-corrected chi connectivity index (χ1v) is 12.1. The molecule has 0 aliphatic carbocycles. The van der Waals surface area contributed by atoms with Gasteiger partial charge in [-0.25, -0.2) is 4.98 Å². The Labute approximate surface area is 204 Å². The van der Waals surface area contributed by atoms with Gasteiger partial charge in [0.05, 0.1) is 12.9 Å². The van der Waals surface area contributed by atoms with Crippen molar-refractivity contribution in [2.75, 3.05) is 13.1 Å². The summed E-state index contributed by atoms with van der Waals surface area (Å²) in [6.07, 6.45) is 4.42. The first kappa shape index (κ1) is 25.5. The summed E-state index contributed by atoms with van der Waals surface area (Å²) < 4.78 is 0. The lowest BCUT2D eigenvalue weighted by molar-refractivity contribution is 0.442. The van der Waals surface area contributed by atoms with Crippen molar-refractivity contribution in [2.45, 2.75) is 73.1 Å². The highest BCUT2D eigenvalue weighted by molar-refractivity contribution is 5.86. The number of aromatic nitrogens is 2. The first-order chi connectivity index (χ1) is 16.0. The summed E-state index contributed by atoms with van der Waals surface area (Å²) in [4.78, 5) is 11.7. The highest BCUT2D eigenvalue weighted by Crippen LogP contribution is 2.36. The van der Waals surface area contributed by atoms with Crippen LogP contribution >= 0.6 is 0 Å². The fraction of sp³-hybridized carbons (Fsp3) is 0.448.